The molecule has 0 aromatic heterocycles. The molecule has 1 aliphatic rings. The molecule has 1 saturated heterocycles. The molecule has 3 nitrogen and oxygen atoms in total. The molecule has 2 aromatic rings. The fourth-order valence-corrected chi connectivity index (χ4v) is 3.44. The van der Waals surface area contributed by atoms with E-state index in [2.05, 4.69) is 30.4 Å². The summed E-state index contributed by atoms with van der Waals surface area (Å²) in [6.07, 6.45) is 2.52. The van der Waals surface area contributed by atoms with Gasteiger partial charge in [0.25, 0.3) is 5.91 Å². The van der Waals surface area contributed by atoms with Crippen LogP contribution in [-0.2, 0) is 4.79 Å². The van der Waals surface area contributed by atoms with Crippen molar-refractivity contribution < 1.29 is 9.69 Å². The lowest BCUT2D eigenvalue weighted by Gasteiger charge is -2.27. The van der Waals surface area contributed by atoms with Crippen LogP contribution < -0.4 is 10.2 Å². The van der Waals surface area contributed by atoms with Crippen molar-refractivity contribution in [2.75, 3.05) is 25.0 Å². The van der Waals surface area contributed by atoms with Crippen molar-refractivity contribution in [1.82, 2.24) is 0 Å². The van der Waals surface area contributed by atoms with Crippen LogP contribution in [0.1, 0.15) is 19.8 Å². The van der Waals surface area contributed by atoms with Crippen LogP contribution in [0.4, 0.5) is 5.69 Å². The number of anilines is 1. The molecule has 0 bridgehead atoms. The molecule has 0 saturated carbocycles. The number of para-hydroxylation sites is 1. The average Bonchev–Trinajstić information content (AvgIpc) is 2.56. The van der Waals surface area contributed by atoms with Crippen LogP contribution in [0, 0.1) is 5.92 Å². The van der Waals surface area contributed by atoms with Crippen LogP contribution in [0.2, 0.25) is 0 Å². The monoisotopic (exact) mass is 309 g/mol. The van der Waals surface area contributed by atoms with Crippen molar-refractivity contribution in [2.24, 2.45) is 5.92 Å². The third kappa shape index (κ3) is 4.20. The van der Waals surface area contributed by atoms with Gasteiger partial charge < -0.3 is 10.2 Å². The fraction of sp³-hybridized carbons (Fsp3) is 0.350. The van der Waals surface area contributed by atoms with Crippen LogP contribution in [0.15, 0.2) is 54.6 Å². The Bertz CT molecular complexity index is 654. The van der Waals surface area contributed by atoms with Crippen LogP contribution in [-0.4, -0.2) is 25.5 Å². The lowest BCUT2D eigenvalue weighted by atomic mass is 10.0. The Balaban J connectivity index is 1.69. The second-order valence-electron chi connectivity index (χ2n) is 6.59. The Labute approximate surface area is 138 Å². The first-order chi connectivity index (χ1) is 11.2. The largest absolute Gasteiger partial charge is 0.327 e. The van der Waals surface area contributed by atoms with Gasteiger partial charge in [0.2, 0.25) is 0 Å². The number of benzene rings is 2. The summed E-state index contributed by atoms with van der Waals surface area (Å²) in [5, 5.41) is 3.11. The zero-order valence-corrected chi connectivity index (χ0v) is 13.7. The third-order valence-electron chi connectivity index (χ3n) is 4.56. The summed E-state index contributed by atoms with van der Waals surface area (Å²) in [7, 11) is 0. The minimum atomic E-state index is 0.109. The molecule has 2 atom stereocenters. The number of nitrogens with one attached hydrogen (secondary N) is 2. The molecule has 1 fully saturated rings. The maximum Gasteiger partial charge on any atom is 0.279 e. The lowest BCUT2D eigenvalue weighted by molar-refractivity contribution is -0.900. The number of piperidine rings is 1. The molecule has 120 valence electrons. The molecule has 2 aromatic carbocycles. The number of amides is 1. The predicted molar refractivity (Wildman–Crippen MR) is 94.5 cm³/mol. The van der Waals surface area contributed by atoms with E-state index in [1.807, 2.05) is 36.4 Å². The van der Waals surface area contributed by atoms with Crippen LogP contribution >= 0.6 is 0 Å². The topological polar surface area (TPSA) is 33.5 Å². The molecule has 0 spiro atoms. The minimum Gasteiger partial charge on any atom is -0.327 e. The standard InChI is InChI=1S/C20H24N2O/c1-16-8-7-13-22(14-16)15-20(23)21-19-12-6-5-11-18(19)17-9-3-2-4-10-17/h2-6,9-12,16H,7-8,13-15H2,1H3,(H,21,23)/p+1/t16-/m0/s1. The van der Waals surface area contributed by atoms with Gasteiger partial charge in [-0.2, -0.15) is 0 Å². The quantitative estimate of drug-likeness (QED) is 0.894. The highest BCUT2D eigenvalue weighted by Gasteiger charge is 2.22. The van der Waals surface area contributed by atoms with E-state index in [-0.39, 0.29) is 5.91 Å². The molecule has 1 heterocycles. The van der Waals surface area contributed by atoms with Crippen LogP contribution in [0.25, 0.3) is 11.1 Å². The Morgan fingerprint density at radius 3 is 2.65 bits per heavy atom. The Morgan fingerprint density at radius 1 is 1.13 bits per heavy atom. The lowest BCUT2D eigenvalue weighted by Crippen LogP contribution is -3.14. The van der Waals surface area contributed by atoms with Crippen LogP contribution in [0.5, 0.6) is 0 Å². The van der Waals surface area contributed by atoms with E-state index in [1.54, 1.807) is 0 Å². The molecular weight excluding hydrogens is 284 g/mol. The van der Waals surface area contributed by atoms with E-state index < -0.39 is 0 Å². The number of hydrogen-bond donors (Lipinski definition) is 2. The first-order valence-electron chi connectivity index (χ1n) is 8.50. The number of likely N-dealkylation sites (tertiary alicyclic amines) is 1. The van der Waals surface area contributed by atoms with Gasteiger partial charge in [-0.05, 0) is 24.5 Å². The molecule has 0 aliphatic carbocycles. The van der Waals surface area contributed by atoms with E-state index in [0.29, 0.717) is 6.54 Å². The van der Waals surface area contributed by atoms with Crippen molar-refractivity contribution in [3.8, 4) is 11.1 Å². The highest BCUT2D eigenvalue weighted by atomic mass is 16.2. The SMILES string of the molecule is C[C@H]1CCC[NH+](CC(=O)Nc2ccccc2-c2ccccc2)C1. The summed E-state index contributed by atoms with van der Waals surface area (Å²) >= 11 is 0. The summed E-state index contributed by atoms with van der Waals surface area (Å²) < 4.78 is 0. The van der Waals surface area contributed by atoms with Gasteiger partial charge in [0.15, 0.2) is 6.54 Å². The first kappa shape index (κ1) is 15.8. The van der Waals surface area contributed by atoms with E-state index in [1.165, 1.54) is 17.7 Å². The Kier molecular flexibility index (Phi) is 5.09. The molecule has 1 aliphatic heterocycles. The van der Waals surface area contributed by atoms with Gasteiger partial charge in [0, 0.05) is 17.2 Å². The first-order valence-corrected chi connectivity index (χ1v) is 8.50. The Morgan fingerprint density at radius 2 is 1.87 bits per heavy atom. The predicted octanol–water partition coefficient (Wildman–Crippen LogP) is 2.61. The summed E-state index contributed by atoms with van der Waals surface area (Å²) in [6, 6.07) is 18.2. The molecular formula is C20H25N2O+. The average molecular weight is 309 g/mol. The number of carbonyl (C=O) groups excluding carboxylic acids is 1. The fourth-order valence-electron chi connectivity index (χ4n) is 3.44. The maximum absolute atomic E-state index is 12.4. The zero-order chi connectivity index (χ0) is 16.1. The van der Waals surface area contributed by atoms with Gasteiger partial charge >= 0.3 is 0 Å². The second-order valence-corrected chi connectivity index (χ2v) is 6.59. The van der Waals surface area contributed by atoms with E-state index in [4.69, 9.17) is 0 Å². The number of hydrogen-bond acceptors (Lipinski definition) is 1. The van der Waals surface area contributed by atoms with Crippen molar-refractivity contribution in [3.63, 3.8) is 0 Å². The normalized spacial score (nSPS) is 20.9. The Hall–Kier alpha value is -2.13. The minimum absolute atomic E-state index is 0.109. The van der Waals surface area contributed by atoms with Gasteiger partial charge in [0.1, 0.15) is 0 Å². The molecule has 3 heteroatoms. The van der Waals surface area contributed by atoms with E-state index in [9.17, 15) is 4.79 Å². The highest BCUT2D eigenvalue weighted by molar-refractivity contribution is 5.96. The molecule has 0 radical (unpaired) electrons. The summed E-state index contributed by atoms with van der Waals surface area (Å²) in [6.45, 7) is 5.06. The van der Waals surface area contributed by atoms with Gasteiger partial charge in [-0.1, -0.05) is 55.5 Å². The van der Waals surface area contributed by atoms with Crippen molar-refractivity contribution in [1.29, 1.82) is 0 Å². The van der Waals surface area contributed by atoms with E-state index >= 15 is 0 Å². The molecule has 1 unspecified atom stereocenters. The van der Waals surface area contributed by atoms with Gasteiger partial charge in [0.05, 0.1) is 13.1 Å². The number of carbonyl (C=O) groups is 1. The molecule has 1 amide bonds. The third-order valence-corrected chi connectivity index (χ3v) is 4.56. The van der Waals surface area contributed by atoms with Crippen molar-refractivity contribution in [3.05, 3.63) is 54.6 Å². The summed E-state index contributed by atoms with van der Waals surface area (Å²) in [5.74, 6) is 0.834. The number of quaternary nitrogens is 1. The number of rotatable bonds is 4. The molecule has 23 heavy (non-hydrogen) atoms. The zero-order valence-electron chi connectivity index (χ0n) is 13.7. The van der Waals surface area contributed by atoms with E-state index in [0.717, 1.165) is 35.8 Å². The summed E-state index contributed by atoms with van der Waals surface area (Å²) in [4.78, 5) is 13.8. The smallest absolute Gasteiger partial charge is 0.279 e. The van der Waals surface area contributed by atoms with Gasteiger partial charge in [-0.3, -0.25) is 4.79 Å². The summed E-state index contributed by atoms with van der Waals surface area (Å²) in [5.41, 5.74) is 3.10. The van der Waals surface area contributed by atoms with Gasteiger partial charge in [-0.15, -0.1) is 0 Å². The highest BCUT2D eigenvalue weighted by Crippen LogP contribution is 2.27. The molecule has 3 rings (SSSR count). The van der Waals surface area contributed by atoms with Crippen LogP contribution in [0.3, 0.4) is 0 Å². The maximum atomic E-state index is 12.4. The molecule has 2 N–H and O–H groups in total. The van der Waals surface area contributed by atoms with Gasteiger partial charge in [-0.25, -0.2) is 0 Å². The van der Waals surface area contributed by atoms with Crippen molar-refractivity contribution in [2.45, 2.75) is 19.8 Å². The van der Waals surface area contributed by atoms with Crippen molar-refractivity contribution >= 4 is 11.6 Å². The second kappa shape index (κ2) is 7.42.